The lowest BCUT2D eigenvalue weighted by Crippen LogP contribution is -2.36. The molecule has 4 rings (SSSR count). The number of thioether (sulfide) groups is 1. The van der Waals surface area contributed by atoms with E-state index in [2.05, 4.69) is 27.9 Å². The molecule has 37 heavy (non-hydrogen) atoms. The molecule has 1 aliphatic rings. The van der Waals surface area contributed by atoms with E-state index in [0.717, 1.165) is 20.2 Å². The van der Waals surface area contributed by atoms with E-state index in [4.69, 9.17) is 16.3 Å². The van der Waals surface area contributed by atoms with E-state index in [0.29, 0.717) is 27.6 Å². The fourth-order valence-corrected chi connectivity index (χ4v) is 5.04. The number of carbonyl (C=O) groups excluding carboxylic acids is 3. The molecule has 1 fully saturated rings. The van der Waals surface area contributed by atoms with Crippen LogP contribution < -0.4 is 10.1 Å². The Morgan fingerprint density at radius 3 is 2.65 bits per heavy atom. The first-order valence-electron chi connectivity index (χ1n) is 10.7. The monoisotopic (exact) mass is 649 g/mol. The van der Waals surface area contributed by atoms with Gasteiger partial charge in [-0.1, -0.05) is 41.9 Å². The summed E-state index contributed by atoms with van der Waals surface area (Å²) >= 11 is 8.87. The number of hydrogen-bond acceptors (Lipinski definition) is 7. The van der Waals surface area contributed by atoms with Gasteiger partial charge in [0.1, 0.15) is 18.9 Å². The lowest BCUT2D eigenvalue weighted by molar-refractivity contribution is -0.384. The minimum Gasteiger partial charge on any atom is -0.488 e. The van der Waals surface area contributed by atoms with Crippen LogP contribution in [0.4, 0.5) is 16.2 Å². The summed E-state index contributed by atoms with van der Waals surface area (Å²) in [6.45, 7) is -0.290. The number of hydrogen-bond donors (Lipinski definition) is 1. The van der Waals surface area contributed by atoms with Crippen LogP contribution in [0.1, 0.15) is 11.1 Å². The number of para-hydroxylation sites is 1. The van der Waals surface area contributed by atoms with Gasteiger partial charge >= 0.3 is 0 Å². The van der Waals surface area contributed by atoms with Crippen molar-refractivity contribution in [3.05, 3.63) is 101 Å². The number of benzene rings is 3. The van der Waals surface area contributed by atoms with Crippen LogP contribution in [0.3, 0.4) is 0 Å². The van der Waals surface area contributed by atoms with Crippen LogP contribution in [0.15, 0.2) is 71.6 Å². The average Bonchev–Trinajstić information content (AvgIpc) is 3.12. The van der Waals surface area contributed by atoms with E-state index in [9.17, 15) is 24.5 Å². The third-order valence-electron chi connectivity index (χ3n) is 5.09. The molecular weight excluding hydrogens is 633 g/mol. The lowest BCUT2D eigenvalue weighted by Gasteiger charge is -2.13. The maximum atomic E-state index is 12.8. The highest BCUT2D eigenvalue weighted by molar-refractivity contribution is 14.1. The third kappa shape index (κ3) is 6.67. The van der Waals surface area contributed by atoms with Crippen molar-refractivity contribution in [2.75, 3.05) is 11.9 Å². The highest BCUT2D eigenvalue weighted by Gasteiger charge is 2.36. The summed E-state index contributed by atoms with van der Waals surface area (Å²) in [4.78, 5) is 49.1. The van der Waals surface area contributed by atoms with E-state index in [1.165, 1.54) is 12.1 Å². The summed E-state index contributed by atoms with van der Waals surface area (Å²) in [6.07, 6.45) is 1.57. The van der Waals surface area contributed by atoms with Gasteiger partial charge < -0.3 is 10.1 Å². The number of nitro benzene ring substituents is 1. The molecule has 0 spiro atoms. The van der Waals surface area contributed by atoms with Gasteiger partial charge in [-0.15, -0.1) is 0 Å². The zero-order chi connectivity index (χ0) is 26.5. The van der Waals surface area contributed by atoms with Crippen LogP contribution in [0.5, 0.6) is 5.75 Å². The van der Waals surface area contributed by atoms with E-state index >= 15 is 0 Å². The summed E-state index contributed by atoms with van der Waals surface area (Å²) in [7, 11) is 0. The molecule has 0 aliphatic carbocycles. The van der Waals surface area contributed by atoms with Crippen LogP contribution in [0.25, 0.3) is 6.08 Å². The van der Waals surface area contributed by atoms with Gasteiger partial charge in [-0.2, -0.15) is 0 Å². The molecule has 188 valence electrons. The predicted octanol–water partition coefficient (Wildman–Crippen LogP) is 6.11. The van der Waals surface area contributed by atoms with E-state index in [1.54, 1.807) is 60.7 Å². The first-order valence-corrected chi connectivity index (χ1v) is 12.9. The number of non-ortho nitro benzene ring substituents is 1. The Morgan fingerprint density at radius 2 is 1.92 bits per heavy atom. The zero-order valence-corrected chi connectivity index (χ0v) is 22.6. The predicted molar refractivity (Wildman–Crippen MR) is 149 cm³/mol. The van der Waals surface area contributed by atoms with E-state index < -0.39 is 28.5 Å². The Kier molecular flexibility index (Phi) is 8.46. The highest BCUT2D eigenvalue weighted by atomic mass is 127. The second kappa shape index (κ2) is 11.8. The summed E-state index contributed by atoms with van der Waals surface area (Å²) in [5.74, 6) is -0.546. The number of nitro groups is 1. The molecule has 3 aromatic rings. The fourth-order valence-electron chi connectivity index (χ4n) is 3.33. The lowest BCUT2D eigenvalue weighted by atomic mass is 10.2. The zero-order valence-electron chi connectivity index (χ0n) is 18.9. The van der Waals surface area contributed by atoms with Gasteiger partial charge in [-0.05, 0) is 75.8 Å². The molecule has 1 N–H and O–H groups in total. The number of ether oxygens (including phenoxy) is 1. The number of amides is 3. The van der Waals surface area contributed by atoms with Gasteiger partial charge in [0, 0.05) is 12.1 Å². The number of rotatable bonds is 8. The SMILES string of the molecule is O=C(CN1C(=O)S/C(=C/c2ccc(OCc3cccc([N+](=O)[O-])c3)c(I)c2)C1=O)Nc1ccccc1Cl. The fraction of sp³-hybridized carbons (Fsp3) is 0.0800. The standard InChI is InChI=1S/C25H17ClIN3O6S/c26-18-6-1-2-7-20(18)28-23(31)13-29-24(32)22(37-25(29)33)12-15-8-9-21(19(27)11-15)36-14-16-4-3-5-17(10-16)30(34)35/h1-12H,13-14H2,(H,28,31)/b22-12+. The molecule has 0 atom stereocenters. The third-order valence-corrected chi connectivity index (χ3v) is 7.17. The first kappa shape index (κ1) is 26.6. The number of nitrogens with one attached hydrogen (secondary N) is 1. The average molecular weight is 650 g/mol. The number of anilines is 1. The Bertz CT molecular complexity index is 1450. The molecule has 0 aromatic heterocycles. The topological polar surface area (TPSA) is 119 Å². The Morgan fingerprint density at radius 1 is 1.14 bits per heavy atom. The van der Waals surface area contributed by atoms with Crippen molar-refractivity contribution in [3.8, 4) is 5.75 Å². The van der Waals surface area contributed by atoms with E-state index in [-0.39, 0.29) is 17.2 Å². The molecule has 0 saturated carbocycles. The molecular formula is C25H17ClIN3O6S. The molecule has 9 nitrogen and oxygen atoms in total. The van der Waals surface area contributed by atoms with Gasteiger partial charge in [0.05, 0.1) is 24.1 Å². The van der Waals surface area contributed by atoms with Crippen LogP contribution in [-0.2, 0) is 16.2 Å². The van der Waals surface area contributed by atoms with Gasteiger partial charge in [0.25, 0.3) is 16.8 Å². The largest absolute Gasteiger partial charge is 0.488 e. The van der Waals surface area contributed by atoms with Crippen LogP contribution in [0, 0.1) is 13.7 Å². The van der Waals surface area contributed by atoms with Crippen LogP contribution >= 0.6 is 46.0 Å². The quantitative estimate of drug-likeness (QED) is 0.135. The molecule has 0 bridgehead atoms. The van der Waals surface area contributed by atoms with E-state index in [1.807, 2.05) is 0 Å². The normalized spacial score (nSPS) is 14.2. The van der Waals surface area contributed by atoms with Crippen molar-refractivity contribution in [1.82, 2.24) is 4.90 Å². The number of nitrogens with zero attached hydrogens (tertiary/aromatic N) is 2. The molecule has 0 radical (unpaired) electrons. The Labute approximate surface area is 234 Å². The maximum absolute atomic E-state index is 12.8. The minimum absolute atomic E-state index is 0.0126. The van der Waals surface area contributed by atoms with Gasteiger partial charge in [0.15, 0.2) is 0 Å². The van der Waals surface area contributed by atoms with Gasteiger partial charge in [0.2, 0.25) is 5.91 Å². The van der Waals surface area contributed by atoms with Gasteiger partial charge in [-0.25, -0.2) is 0 Å². The number of imide groups is 1. The minimum atomic E-state index is -0.565. The van der Waals surface area contributed by atoms with Crippen molar-refractivity contribution in [3.63, 3.8) is 0 Å². The second-order valence-electron chi connectivity index (χ2n) is 7.70. The molecule has 3 amide bonds. The van der Waals surface area contributed by atoms with Crippen molar-refractivity contribution in [1.29, 1.82) is 0 Å². The van der Waals surface area contributed by atoms with Crippen molar-refractivity contribution in [2.24, 2.45) is 0 Å². The van der Waals surface area contributed by atoms with Crippen LogP contribution in [-0.4, -0.2) is 33.4 Å². The summed E-state index contributed by atoms with van der Waals surface area (Å²) in [6, 6.07) is 18.1. The van der Waals surface area contributed by atoms with Crippen molar-refractivity contribution >= 4 is 80.5 Å². The summed E-state index contributed by atoms with van der Waals surface area (Å²) in [5.41, 5.74) is 1.69. The molecule has 1 aliphatic heterocycles. The number of carbonyl (C=O) groups is 3. The van der Waals surface area contributed by atoms with Crippen LogP contribution in [0.2, 0.25) is 5.02 Å². The first-order chi connectivity index (χ1) is 17.7. The highest BCUT2D eigenvalue weighted by Crippen LogP contribution is 2.33. The molecule has 12 heteroatoms. The molecule has 0 unspecified atom stereocenters. The molecule has 1 heterocycles. The summed E-state index contributed by atoms with van der Waals surface area (Å²) < 4.78 is 6.55. The van der Waals surface area contributed by atoms with Gasteiger partial charge in [-0.3, -0.25) is 29.4 Å². The maximum Gasteiger partial charge on any atom is 0.294 e. The van der Waals surface area contributed by atoms with Crippen molar-refractivity contribution < 1.29 is 24.0 Å². The smallest absolute Gasteiger partial charge is 0.294 e. The van der Waals surface area contributed by atoms with Crippen molar-refractivity contribution in [2.45, 2.75) is 6.61 Å². The second-order valence-corrected chi connectivity index (χ2v) is 10.3. The molecule has 3 aromatic carbocycles. The summed E-state index contributed by atoms with van der Waals surface area (Å²) in [5, 5.41) is 13.3. The Balaban J connectivity index is 1.40. The number of halogens is 2. The Hall–Kier alpha value is -3.42. The molecule has 1 saturated heterocycles.